The largest absolute Gasteiger partial charge is 4.00 e. The van der Waals surface area contributed by atoms with Gasteiger partial charge < -0.3 is 24.8 Å². The first-order valence-electron chi connectivity index (χ1n) is 11.2. The minimum Gasteiger partial charge on any atom is -1.00 e. The van der Waals surface area contributed by atoms with Crippen LogP contribution in [0.3, 0.4) is 0 Å². The van der Waals surface area contributed by atoms with Gasteiger partial charge in [0.25, 0.3) is 0 Å². The first kappa shape index (κ1) is 27.8. The van der Waals surface area contributed by atoms with Gasteiger partial charge >= 0.3 is 26.2 Å². The molecule has 6 rings (SSSR count). The number of fused-ring (bicyclic) bond motifs is 6. The van der Waals surface area contributed by atoms with Gasteiger partial charge in [-0.3, -0.25) is 0 Å². The van der Waals surface area contributed by atoms with E-state index < -0.39 is 0 Å². The van der Waals surface area contributed by atoms with Crippen molar-refractivity contribution in [3.05, 3.63) is 105 Å². The summed E-state index contributed by atoms with van der Waals surface area (Å²) in [6, 6.07) is 22.7. The van der Waals surface area contributed by atoms with Crippen LogP contribution in [0.4, 0.5) is 0 Å². The van der Waals surface area contributed by atoms with E-state index in [9.17, 15) is 0 Å². The summed E-state index contributed by atoms with van der Waals surface area (Å²) in [7, 11) is 0. The minimum atomic E-state index is 0. The molecule has 0 nitrogen and oxygen atoms in total. The van der Waals surface area contributed by atoms with Gasteiger partial charge in [-0.15, -0.1) is 23.3 Å². The molecule has 2 aliphatic carbocycles. The molecule has 33 heavy (non-hydrogen) atoms. The second-order valence-electron chi connectivity index (χ2n) is 9.15. The van der Waals surface area contributed by atoms with Crippen LogP contribution in [0.25, 0.3) is 22.3 Å². The summed E-state index contributed by atoms with van der Waals surface area (Å²) in [5.41, 5.74) is 17.7. The molecule has 0 radical (unpaired) electrons. The van der Waals surface area contributed by atoms with Gasteiger partial charge in [-0.25, -0.2) is 0 Å². The number of hydrogen-bond donors (Lipinski definition) is 0. The molecule has 0 spiro atoms. The van der Waals surface area contributed by atoms with Gasteiger partial charge in [0.1, 0.15) is 0 Å². The Kier molecular flexibility index (Phi) is 9.58. The van der Waals surface area contributed by atoms with Crippen LogP contribution in [0, 0.1) is 27.7 Å². The SMILES string of the molecule is Cc1cc(C)c2c(c1)-c1[cH-]ccc1CC2.Cc1cc(C)c2c(c1)-c1[cH-]ccc1CC2.[Cl-].[Cl-].[Zr+4]. The van der Waals surface area contributed by atoms with Crippen LogP contribution in [0.1, 0.15) is 44.5 Å². The Morgan fingerprint density at radius 3 is 1.36 bits per heavy atom. The molecule has 2 aliphatic rings. The zero-order valence-corrected chi connectivity index (χ0v) is 23.8. The van der Waals surface area contributed by atoms with Gasteiger partial charge in [-0.05, 0) is 40.5 Å². The molecule has 0 N–H and O–H groups in total. The van der Waals surface area contributed by atoms with E-state index in [1.807, 2.05) is 0 Å². The maximum Gasteiger partial charge on any atom is 4.00 e. The molecule has 0 saturated carbocycles. The van der Waals surface area contributed by atoms with E-state index in [2.05, 4.69) is 88.4 Å². The third kappa shape index (κ3) is 5.32. The van der Waals surface area contributed by atoms with Gasteiger partial charge in [-0.1, -0.05) is 81.6 Å². The third-order valence-electron chi connectivity index (χ3n) is 6.92. The summed E-state index contributed by atoms with van der Waals surface area (Å²) in [5, 5.41) is 0. The van der Waals surface area contributed by atoms with Gasteiger partial charge in [0.2, 0.25) is 0 Å². The molecule has 3 heteroatoms. The fourth-order valence-electron chi connectivity index (χ4n) is 5.53. The van der Waals surface area contributed by atoms with Crippen LogP contribution in [-0.4, -0.2) is 0 Å². The number of hydrogen-bond acceptors (Lipinski definition) is 0. The Labute approximate surface area is 230 Å². The summed E-state index contributed by atoms with van der Waals surface area (Å²) in [4.78, 5) is 0. The van der Waals surface area contributed by atoms with Crippen molar-refractivity contribution in [2.24, 2.45) is 0 Å². The molecule has 168 valence electrons. The summed E-state index contributed by atoms with van der Waals surface area (Å²) in [6.45, 7) is 8.84. The zero-order valence-electron chi connectivity index (χ0n) is 19.9. The Balaban J connectivity index is 0.000000214. The molecule has 0 amide bonds. The predicted molar refractivity (Wildman–Crippen MR) is 129 cm³/mol. The van der Waals surface area contributed by atoms with Crippen LogP contribution in [0.2, 0.25) is 0 Å². The first-order valence-corrected chi connectivity index (χ1v) is 11.2. The monoisotopic (exact) mass is 550 g/mol. The van der Waals surface area contributed by atoms with Crippen molar-refractivity contribution in [2.75, 3.05) is 0 Å². The van der Waals surface area contributed by atoms with Gasteiger partial charge in [0.05, 0.1) is 0 Å². The Morgan fingerprint density at radius 1 is 0.576 bits per heavy atom. The van der Waals surface area contributed by atoms with Gasteiger partial charge in [0.15, 0.2) is 0 Å². The number of rotatable bonds is 0. The van der Waals surface area contributed by atoms with E-state index in [1.54, 1.807) is 11.1 Å². The normalized spacial score (nSPS) is 12.2. The molecule has 0 fully saturated rings. The van der Waals surface area contributed by atoms with Crippen molar-refractivity contribution in [3.63, 3.8) is 0 Å². The second kappa shape index (κ2) is 11.4. The molecule has 4 aromatic rings. The van der Waals surface area contributed by atoms with Crippen LogP contribution in [0.15, 0.2) is 60.7 Å². The average molecular weight is 553 g/mol. The van der Waals surface area contributed by atoms with Crippen molar-refractivity contribution in [1.82, 2.24) is 0 Å². The van der Waals surface area contributed by atoms with Crippen LogP contribution < -0.4 is 24.8 Å². The Hall–Kier alpha value is -1.40. The number of benzene rings is 2. The minimum absolute atomic E-state index is 0. The van der Waals surface area contributed by atoms with Crippen molar-refractivity contribution in [2.45, 2.75) is 53.4 Å². The van der Waals surface area contributed by atoms with Crippen molar-refractivity contribution < 1.29 is 51.0 Å². The molecule has 0 saturated heterocycles. The maximum absolute atomic E-state index is 2.33. The standard InChI is InChI=1S/2C15H15.2ClH.Zr/c2*1-10-8-11(2)13-7-6-12-4-3-5-14(12)15(13)9-10;;;/h2*3-5,8-9H,6-7H2,1-2H3;2*1H;/q2*-1;;;+4/p-2. The van der Waals surface area contributed by atoms with E-state index in [4.69, 9.17) is 0 Å². The van der Waals surface area contributed by atoms with E-state index in [-0.39, 0.29) is 51.0 Å². The Bertz CT molecular complexity index is 1140. The van der Waals surface area contributed by atoms with E-state index in [0.29, 0.717) is 0 Å². The molecule has 0 aliphatic heterocycles. The van der Waals surface area contributed by atoms with Gasteiger partial charge in [-0.2, -0.15) is 35.4 Å². The van der Waals surface area contributed by atoms with E-state index in [0.717, 1.165) is 0 Å². The first-order chi connectivity index (χ1) is 14.5. The molecule has 0 heterocycles. The predicted octanol–water partition coefficient (Wildman–Crippen LogP) is 1.58. The molecule has 4 aromatic carbocycles. The van der Waals surface area contributed by atoms with Crippen molar-refractivity contribution in [3.8, 4) is 22.3 Å². The van der Waals surface area contributed by atoms with Crippen LogP contribution >= 0.6 is 0 Å². The fraction of sp³-hybridized carbons (Fsp3) is 0.267. The maximum atomic E-state index is 2.33. The van der Waals surface area contributed by atoms with Crippen molar-refractivity contribution in [1.29, 1.82) is 0 Å². The summed E-state index contributed by atoms with van der Waals surface area (Å²) < 4.78 is 0. The quantitative estimate of drug-likeness (QED) is 0.291. The topological polar surface area (TPSA) is 0 Å². The van der Waals surface area contributed by atoms with E-state index in [1.165, 1.54) is 81.3 Å². The molecule has 0 bridgehead atoms. The summed E-state index contributed by atoms with van der Waals surface area (Å²) >= 11 is 0. The number of halogens is 2. The summed E-state index contributed by atoms with van der Waals surface area (Å²) in [6.07, 6.45) is 4.83. The van der Waals surface area contributed by atoms with Gasteiger partial charge in [0, 0.05) is 0 Å². The molecular weight excluding hydrogens is 522 g/mol. The fourth-order valence-corrected chi connectivity index (χ4v) is 5.53. The molecule has 0 atom stereocenters. The molecule has 0 aromatic heterocycles. The van der Waals surface area contributed by atoms with Crippen molar-refractivity contribution >= 4 is 0 Å². The Morgan fingerprint density at radius 2 is 0.970 bits per heavy atom. The van der Waals surface area contributed by atoms with E-state index >= 15 is 0 Å². The van der Waals surface area contributed by atoms with Crippen LogP contribution in [0.5, 0.6) is 0 Å². The summed E-state index contributed by atoms with van der Waals surface area (Å²) in [5.74, 6) is 0. The second-order valence-corrected chi connectivity index (χ2v) is 9.15. The zero-order chi connectivity index (χ0) is 20.8. The van der Waals surface area contributed by atoms with Crippen LogP contribution in [-0.2, 0) is 51.9 Å². The molecular formula is C30H30Cl2Zr. The number of aryl methyl sites for hydroxylation is 6. The smallest absolute Gasteiger partial charge is 1.00 e. The average Bonchev–Trinajstić information content (AvgIpc) is 3.37. The molecule has 0 unspecified atom stereocenters. The third-order valence-corrected chi connectivity index (χ3v) is 6.92.